The number of hydrogen-bond donors (Lipinski definition) is 2. The first-order chi connectivity index (χ1) is 10.7. The Morgan fingerprint density at radius 3 is 2.43 bits per heavy atom. The Hall–Kier alpha value is -2.52. The molecule has 1 saturated carbocycles. The molecule has 1 aliphatic rings. The molecule has 128 valence electrons. The van der Waals surface area contributed by atoms with Crippen LogP contribution in [0.4, 0.5) is 13.2 Å². The molecule has 1 aliphatic carbocycles. The molecule has 0 unspecified atom stereocenters. The van der Waals surface area contributed by atoms with E-state index < -0.39 is 18.1 Å². The highest BCUT2D eigenvalue weighted by molar-refractivity contribution is 5.73. The van der Waals surface area contributed by atoms with Crippen molar-refractivity contribution in [1.29, 1.82) is 0 Å². The van der Waals surface area contributed by atoms with Gasteiger partial charge in [0.15, 0.2) is 5.75 Å². The van der Waals surface area contributed by atoms with Crippen LogP contribution in [0.15, 0.2) is 18.3 Å². The van der Waals surface area contributed by atoms with Crippen molar-refractivity contribution in [1.82, 2.24) is 4.98 Å². The van der Waals surface area contributed by atoms with Crippen molar-refractivity contribution in [2.24, 2.45) is 11.8 Å². The van der Waals surface area contributed by atoms with Gasteiger partial charge in [0.1, 0.15) is 0 Å². The number of ether oxygens (including phenoxy) is 2. The largest absolute Gasteiger partial charge is 0.490 e. The SMILES string of the molecule is COc1ncccc1OC[C@@H]1C[C@H]1C(=O)O.O=C(O)C(F)(F)F. The van der Waals surface area contributed by atoms with Gasteiger partial charge in [0.2, 0.25) is 0 Å². The van der Waals surface area contributed by atoms with Crippen molar-refractivity contribution < 1.29 is 42.4 Å². The van der Waals surface area contributed by atoms with Crippen LogP contribution in [0.2, 0.25) is 0 Å². The van der Waals surface area contributed by atoms with Crippen LogP contribution in [0, 0.1) is 11.8 Å². The molecule has 0 aromatic carbocycles. The summed E-state index contributed by atoms with van der Waals surface area (Å²) in [6.45, 7) is 0.402. The number of aromatic nitrogens is 1. The molecule has 1 heterocycles. The van der Waals surface area contributed by atoms with Crippen molar-refractivity contribution in [3.05, 3.63) is 18.3 Å². The Balaban J connectivity index is 0.000000322. The van der Waals surface area contributed by atoms with Crippen molar-refractivity contribution >= 4 is 11.9 Å². The molecule has 23 heavy (non-hydrogen) atoms. The van der Waals surface area contributed by atoms with Gasteiger partial charge in [-0.2, -0.15) is 13.2 Å². The minimum absolute atomic E-state index is 0.113. The molecular formula is C13H14F3NO6. The summed E-state index contributed by atoms with van der Waals surface area (Å²) in [6.07, 6.45) is -2.78. The molecule has 1 aromatic heterocycles. The number of aliphatic carboxylic acids is 2. The summed E-state index contributed by atoms with van der Waals surface area (Å²) in [5.41, 5.74) is 0. The maximum atomic E-state index is 10.6. The molecule has 7 nitrogen and oxygen atoms in total. The summed E-state index contributed by atoms with van der Waals surface area (Å²) >= 11 is 0. The van der Waals surface area contributed by atoms with Gasteiger partial charge in [-0.3, -0.25) is 4.79 Å². The fourth-order valence-corrected chi connectivity index (χ4v) is 1.57. The molecule has 1 aromatic rings. The standard InChI is InChI=1S/C11H13NO4.C2HF3O2/c1-15-10-9(3-2-4-12-10)16-6-7-5-8(7)11(13)14;3-2(4,5)1(6)7/h2-4,7-8H,5-6H2,1H3,(H,13,14);(H,6,7)/t7-,8+;/m0./s1. The Morgan fingerprint density at radius 2 is 2.00 bits per heavy atom. The zero-order valence-corrected chi connectivity index (χ0v) is 11.9. The Morgan fingerprint density at radius 1 is 1.39 bits per heavy atom. The lowest BCUT2D eigenvalue weighted by Gasteiger charge is -2.08. The number of nitrogens with zero attached hydrogens (tertiary/aromatic N) is 1. The summed E-state index contributed by atoms with van der Waals surface area (Å²) in [6, 6.07) is 3.50. The molecule has 1 fully saturated rings. The van der Waals surface area contributed by atoms with E-state index in [9.17, 15) is 18.0 Å². The smallest absolute Gasteiger partial charge is 0.488 e. The van der Waals surface area contributed by atoms with E-state index in [4.69, 9.17) is 24.5 Å². The minimum Gasteiger partial charge on any atom is -0.488 e. The summed E-state index contributed by atoms with van der Waals surface area (Å²) in [5, 5.41) is 15.9. The van der Waals surface area contributed by atoms with Gasteiger partial charge in [0.25, 0.3) is 5.88 Å². The summed E-state index contributed by atoms with van der Waals surface area (Å²) < 4.78 is 42.2. The topological polar surface area (TPSA) is 106 Å². The van der Waals surface area contributed by atoms with E-state index in [0.717, 1.165) is 0 Å². The predicted molar refractivity (Wildman–Crippen MR) is 69.2 cm³/mol. The van der Waals surface area contributed by atoms with E-state index in [2.05, 4.69) is 4.98 Å². The van der Waals surface area contributed by atoms with E-state index in [0.29, 0.717) is 24.7 Å². The van der Waals surface area contributed by atoms with Crippen LogP contribution >= 0.6 is 0 Å². The van der Waals surface area contributed by atoms with E-state index in [-0.39, 0.29) is 11.8 Å². The number of carboxylic acids is 2. The third-order valence-corrected chi connectivity index (χ3v) is 2.86. The Kier molecular flexibility index (Phi) is 6.17. The Labute approximate surface area is 128 Å². The third-order valence-electron chi connectivity index (χ3n) is 2.86. The van der Waals surface area contributed by atoms with E-state index in [1.54, 1.807) is 18.3 Å². The molecule has 0 aliphatic heterocycles. The molecular weight excluding hydrogens is 323 g/mol. The van der Waals surface area contributed by atoms with Gasteiger partial charge in [-0.25, -0.2) is 9.78 Å². The summed E-state index contributed by atoms with van der Waals surface area (Å²) in [5.74, 6) is -2.65. The lowest BCUT2D eigenvalue weighted by Crippen LogP contribution is -2.21. The molecule has 0 spiro atoms. The maximum Gasteiger partial charge on any atom is 0.490 e. The van der Waals surface area contributed by atoms with Crippen molar-refractivity contribution in [2.45, 2.75) is 12.6 Å². The van der Waals surface area contributed by atoms with Crippen LogP contribution in [-0.4, -0.2) is 47.0 Å². The molecule has 2 N–H and O–H groups in total. The van der Waals surface area contributed by atoms with Crippen LogP contribution in [0.25, 0.3) is 0 Å². The second kappa shape index (κ2) is 7.65. The van der Waals surface area contributed by atoms with E-state index in [1.807, 2.05) is 0 Å². The third kappa shape index (κ3) is 6.01. The number of alkyl halides is 3. The van der Waals surface area contributed by atoms with Gasteiger partial charge in [-0.05, 0) is 18.6 Å². The van der Waals surface area contributed by atoms with E-state index >= 15 is 0 Å². The van der Waals surface area contributed by atoms with Crippen LogP contribution in [0.1, 0.15) is 6.42 Å². The van der Waals surface area contributed by atoms with Crippen LogP contribution < -0.4 is 9.47 Å². The number of carboxylic acid groups (broad SMARTS) is 2. The van der Waals surface area contributed by atoms with E-state index in [1.165, 1.54) is 7.11 Å². The molecule has 0 bridgehead atoms. The molecule has 2 rings (SSSR count). The highest BCUT2D eigenvalue weighted by Gasteiger charge is 2.43. The fraction of sp³-hybridized carbons (Fsp3) is 0.462. The maximum absolute atomic E-state index is 10.6. The van der Waals surface area contributed by atoms with Crippen molar-refractivity contribution in [2.75, 3.05) is 13.7 Å². The lowest BCUT2D eigenvalue weighted by molar-refractivity contribution is -0.192. The number of rotatable bonds is 5. The van der Waals surface area contributed by atoms with Gasteiger partial charge in [0.05, 0.1) is 19.6 Å². The molecule has 0 radical (unpaired) electrons. The average Bonchev–Trinajstić information content (AvgIpc) is 3.25. The van der Waals surface area contributed by atoms with Gasteiger partial charge in [-0.15, -0.1) is 0 Å². The quantitative estimate of drug-likeness (QED) is 0.844. The average molecular weight is 337 g/mol. The first-order valence-corrected chi connectivity index (χ1v) is 6.31. The molecule has 2 atom stereocenters. The fourth-order valence-electron chi connectivity index (χ4n) is 1.57. The lowest BCUT2D eigenvalue weighted by atomic mass is 10.3. The zero-order valence-electron chi connectivity index (χ0n) is 11.9. The summed E-state index contributed by atoms with van der Waals surface area (Å²) in [4.78, 5) is 23.5. The van der Waals surface area contributed by atoms with Crippen LogP contribution in [-0.2, 0) is 9.59 Å². The highest BCUT2D eigenvalue weighted by Crippen LogP contribution is 2.39. The van der Waals surface area contributed by atoms with Crippen molar-refractivity contribution in [3.8, 4) is 11.6 Å². The molecule has 0 saturated heterocycles. The number of pyridine rings is 1. The van der Waals surface area contributed by atoms with Gasteiger partial charge in [0, 0.05) is 12.1 Å². The zero-order chi connectivity index (χ0) is 17.6. The monoisotopic (exact) mass is 337 g/mol. The molecule has 0 amide bonds. The predicted octanol–water partition coefficient (Wildman–Crippen LogP) is 1.82. The number of hydrogen-bond acceptors (Lipinski definition) is 5. The summed E-state index contributed by atoms with van der Waals surface area (Å²) in [7, 11) is 1.52. The molecule has 10 heteroatoms. The van der Waals surface area contributed by atoms with Crippen LogP contribution in [0.3, 0.4) is 0 Å². The van der Waals surface area contributed by atoms with Gasteiger partial charge >= 0.3 is 18.1 Å². The second-order valence-electron chi connectivity index (χ2n) is 4.57. The number of halogens is 3. The number of carbonyl (C=O) groups is 2. The van der Waals surface area contributed by atoms with Crippen LogP contribution in [0.5, 0.6) is 11.6 Å². The van der Waals surface area contributed by atoms with Crippen molar-refractivity contribution in [3.63, 3.8) is 0 Å². The normalized spacial score (nSPS) is 19.1. The second-order valence-corrected chi connectivity index (χ2v) is 4.57. The number of methoxy groups -OCH3 is 1. The highest BCUT2D eigenvalue weighted by atomic mass is 19.4. The Bertz CT molecular complexity index is 563. The van der Waals surface area contributed by atoms with Gasteiger partial charge in [-0.1, -0.05) is 0 Å². The minimum atomic E-state index is -5.08. The first-order valence-electron chi connectivity index (χ1n) is 6.31. The van der Waals surface area contributed by atoms with Gasteiger partial charge < -0.3 is 19.7 Å². The first kappa shape index (κ1) is 18.5.